The number of allylic oxidation sites excluding steroid dienone is 4. The Labute approximate surface area is 317 Å². The standard InChI is InChI=1S/C44H84ClN3O2/c1-4-6-8-10-12-14-16-18-20-22-24-26-28-30-32-36-43(49)46-38-34-40-48(3,42-45)41-35-39-47-44(50)37-33-31-29-27-25-23-21-19-17-15-13-11-9-7-5-2/h18-21H,4-17,22-42H2,1-3H3,(H-,46,47,49,50)/p+1/b20-18-,21-19-. The Morgan fingerprint density at radius 1 is 0.460 bits per heavy atom. The Hall–Kier alpha value is -1.33. The Kier molecular flexibility index (Phi) is 37.9. The lowest BCUT2D eigenvalue weighted by atomic mass is 10.1. The summed E-state index contributed by atoms with van der Waals surface area (Å²) in [4.78, 5) is 24.5. The topological polar surface area (TPSA) is 58.2 Å². The highest BCUT2D eigenvalue weighted by atomic mass is 35.5. The maximum absolute atomic E-state index is 12.3. The molecule has 2 N–H and O–H groups in total. The number of alkyl halides is 1. The van der Waals surface area contributed by atoms with Gasteiger partial charge in [-0.15, -0.1) is 0 Å². The van der Waals surface area contributed by atoms with Gasteiger partial charge in [-0.25, -0.2) is 0 Å². The Morgan fingerprint density at radius 2 is 0.760 bits per heavy atom. The van der Waals surface area contributed by atoms with Crippen LogP contribution in [-0.4, -0.2) is 55.5 Å². The monoisotopic (exact) mass is 723 g/mol. The van der Waals surface area contributed by atoms with Gasteiger partial charge in [0.1, 0.15) is 0 Å². The van der Waals surface area contributed by atoms with Gasteiger partial charge in [-0.05, 0) is 64.2 Å². The molecule has 0 aromatic carbocycles. The van der Waals surface area contributed by atoms with Crippen molar-refractivity contribution in [2.24, 2.45) is 0 Å². The van der Waals surface area contributed by atoms with Crippen LogP contribution in [0, 0.1) is 0 Å². The molecular formula is C44H85ClN3O2+. The van der Waals surface area contributed by atoms with E-state index in [1.807, 2.05) is 0 Å². The zero-order valence-corrected chi connectivity index (χ0v) is 34.5. The molecule has 2 amide bonds. The molecule has 0 fully saturated rings. The minimum Gasteiger partial charge on any atom is -0.356 e. The number of nitrogens with zero attached hydrogens (tertiary/aromatic N) is 1. The van der Waals surface area contributed by atoms with Crippen LogP contribution in [0.5, 0.6) is 0 Å². The van der Waals surface area contributed by atoms with Crippen molar-refractivity contribution in [3.8, 4) is 0 Å². The van der Waals surface area contributed by atoms with Crippen LogP contribution in [0.2, 0.25) is 0 Å². The number of nitrogens with one attached hydrogen (secondary N) is 2. The van der Waals surface area contributed by atoms with Crippen molar-refractivity contribution < 1.29 is 14.1 Å². The van der Waals surface area contributed by atoms with Crippen LogP contribution in [0.3, 0.4) is 0 Å². The Balaban J connectivity index is 3.62. The van der Waals surface area contributed by atoms with Gasteiger partial charge in [0.2, 0.25) is 11.8 Å². The highest BCUT2D eigenvalue weighted by Gasteiger charge is 2.19. The Bertz CT molecular complexity index is 740. The molecule has 0 rings (SSSR count). The second-order valence-electron chi connectivity index (χ2n) is 15.3. The number of quaternary nitrogens is 1. The maximum atomic E-state index is 12.3. The molecule has 0 heterocycles. The van der Waals surface area contributed by atoms with Gasteiger partial charge in [-0.1, -0.05) is 152 Å². The molecule has 0 unspecified atom stereocenters. The SMILES string of the molecule is CCCCCCCC/C=C\CCCCCCCC(=O)NCCC[N+](C)(CCl)CCCNC(=O)CCCCCCC/C=C\CCCCCCCC. The lowest BCUT2D eigenvalue weighted by Gasteiger charge is -2.32. The van der Waals surface area contributed by atoms with Crippen LogP contribution in [0.4, 0.5) is 0 Å². The van der Waals surface area contributed by atoms with E-state index >= 15 is 0 Å². The molecule has 294 valence electrons. The number of halogens is 1. The van der Waals surface area contributed by atoms with Gasteiger partial charge < -0.3 is 15.1 Å². The van der Waals surface area contributed by atoms with Crippen molar-refractivity contribution in [1.82, 2.24) is 10.6 Å². The molecule has 0 aliphatic carbocycles. The second kappa shape index (κ2) is 38.9. The number of unbranched alkanes of at least 4 members (excludes halogenated alkanes) is 22. The predicted molar refractivity (Wildman–Crippen MR) is 221 cm³/mol. The molecule has 0 spiro atoms. The summed E-state index contributed by atoms with van der Waals surface area (Å²) in [5, 5.41) is 6.21. The zero-order chi connectivity index (χ0) is 36.6. The quantitative estimate of drug-likeness (QED) is 0.0218. The molecule has 0 aliphatic heterocycles. The molecule has 0 aromatic rings. The minimum atomic E-state index is 0.177. The van der Waals surface area contributed by atoms with E-state index in [9.17, 15) is 9.59 Å². The van der Waals surface area contributed by atoms with Gasteiger partial charge in [0.25, 0.3) is 0 Å². The van der Waals surface area contributed by atoms with Crippen LogP contribution in [0.25, 0.3) is 0 Å². The molecule has 0 saturated carbocycles. The highest BCUT2D eigenvalue weighted by Crippen LogP contribution is 2.12. The van der Waals surface area contributed by atoms with Crippen molar-refractivity contribution in [3.05, 3.63) is 24.3 Å². The number of carbonyl (C=O) groups is 2. The number of amides is 2. The molecule has 0 aliphatic rings. The molecule has 0 radical (unpaired) electrons. The van der Waals surface area contributed by atoms with Gasteiger partial charge in [-0.3, -0.25) is 9.59 Å². The van der Waals surface area contributed by atoms with Crippen molar-refractivity contribution in [1.29, 1.82) is 0 Å². The fourth-order valence-corrected chi connectivity index (χ4v) is 6.74. The number of hydrogen-bond donors (Lipinski definition) is 2. The summed E-state index contributed by atoms with van der Waals surface area (Å²) >= 11 is 6.34. The average molecular weight is 724 g/mol. The van der Waals surface area contributed by atoms with E-state index in [1.54, 1.807) is 0 Å². The first-order valence-electron chi connectivity index (χ1n) is 21.7. The Morgan fingerprint density at radius 3 is 1.08 bits per heavy atom. The first-order valence-corrected chi connectivity index (χ1v) is 22.2. The van der Waals surface area contributed by atoms with E-state index in [4.69, 9.17) is 11.6 Å². The van der Waals surface area contributed by atoms with Crippen molar-refractivity contribution >= 4 is 23.4 Å². The van der Waals surface area contributed by atoms with Gasteiger partial charge >= 0.3 is 0 Å². The van der Waals surface area contributed by atoms with E-state index in [-0.39, 0.29) is 11.8 Å². The molecule has 50 heavy (non-hydrogen) atoms. The van der Waals surface area contributed by atoms with Crippen LogP contribution in [0.1, 0.15) is 206 Å². The first kappa shape index (κ1) is 48.7. The third-order valence-electron chi connectivity index (χ3n) is 10.0. The van der Waals surface area contributed by atoms with Crippen LogP contribution < -0.4 is 10.6 Å². The largest absolute Gasteiger partial charge is 0.356 e. The first-order chi connectivity index (χ1) is 24.5. The van der Waals surface area contributed by atoms with E-state index in [0.29, 0.717) is 31.9 Å². The molecule has 0 saturated heterocycles. The maximum Gasteiger partial charge on any atom is 0.219 e. The van der Waals surface area contributed by atoms with Crippen molar-refractivity contribution in [2.45, 2.75) is 206 Å². The smallest absolute Gasteiger partial charge is 0.219 e. The molecule has 5 nitrogen and oxygen atoms in total. The van der Waals surface area contributed by atoms with Crippen LogP contribution in [-0.2, 0) is 9.59 Å². The predicted octanol–water partition coefficient (Wildman–Crippen LogP) is 12.7. The average Bonchev–Trinajstić information content (AvgIpc) is 3.12. The van der Waals surface area contributed by atoms with E-state index in [0.717, 1.165) is 56.1 Å². The van der Waals surface area contributed by atoms with E-state index in [2.05, 4.69) is 55.8 Å². The minimum absolute atomic E-state index is 0.177. The number of carbonyl (C=O) groups excluding carboxylic acids is 2. The van der Waals surface area contributed by atoms with Crippen molar-refractivity contribution in [3.63, 3.8) is 0 Å². The van der Waals surface area contributed by atoms with Crippen LogP contribution in [0.15, 0.2) is 24.3 Å². The summed E-state index contributed by atoms with van der Waals surface area (Å²) in [6, 6.07) is 0.547. The lowest BCUT2D eigenvalue weighted by molar-refractivity contribution is -0.899. The van der Waals surface area contributed by atoms with Gasteiger partial charge in [0.05, 0.1) is 20.1 Å². The normalized spacial score (nSPS) is 12.0. The van der Waals surface area contributed by atoms with Gasteiger partial charge in [0.15, 0.2) is 6.00 Å². The summed E-state index contributed by atoms with van der Waals surface area (Å²) in [6.07, 6.45) is 45.7. The summed E-state index contributed by atoms with van der Waals surface area (Å²) in [7, 11) is 2.17. The molecule has 0 atom stereocenters. The number of rotatable bonds is 39. The van der Waals surface area contributed by atoms with Crippen LogP contribution >= 0.6 is 11.6 Å². The number of hydrogen-bond acceptors (Lipinski definition) is 2. The molecular weight excluding hydrogens is 638 g/mol. The second-order valence-corrected chi connectivity index (χ2v) is 15.5. The fourth-order valence-electron chi connectivity index (χ4n) is 6.50. The van der Waals surface area contributed by atoms with Crippen molar-refractivity contribution in [2.75, 3.05) is 39.2 Å². The summed E-state index contributed by atoms with van der Waals surface area (Å²) in [6.45, 7) is 7.82. The summed E-state index contributed by atoms with van der Waals surface area (Å²) in [5.74, 6) is 0.355. The zero-order valence-electron chi connectivity index (χ0n) is 33.7. The van der Waals surface area contributed by atoms with E-state index < -0.39 is 0 Å². The van der Waals surface area contributed by atoms with Gasteiger partial charge in [-0.2, -0.15) is 0 Å². The third kappa shape index (κ3) is 36.5. The molecule has 0 aromatic heterocycles. The highest BCUT2D eigenvalue weighted by molar-refractivity contribution is 6.16. The summed E-state index contributed by atoms with van der Waals surface area (Å²) in [5.41, 5.74) is 0. The molecule has 0 bridgehead atoms. The van der Waals surface area contributed by atoms with E-state index in [1.165, 1.54) is 141 Å². The fraction of sp³-hybridized carbons (Fsp3) is 0.864. The van der Waals surface area contributed by atoms with Gasteiger partial charge in [0, 0.05) is 38.8 Å². The summed E-state index contributed by atoms with van der Waals surface area (Å²) < 4.78 is 0.760. The third-order valence-corrected chi connectivity index (χ3v) is 10.6. The lowest BCUT2D eigenvalue weighted by Crippen LogP contribution is -2.46. The molecule has 6 heteroatoms.